The summed E-state index contributed by atoms with van der Waals surface area (Å²) >= 11 is 0. The second-order valence-corrected chi connectivity index (χ2v) is 14.9. The normalized spacial score (nSPS) is 24.4. The molecule has 1 saturated carbocycles. The molecular formula is C31H42F4OSi. The molecule has 0 radical (unpaired) electrons. The van der Waals surface area contributed by atoms with Gasteiger partial charge in [0, 0.05) is 8.80 Å². The molecule has 204 valence electrons. The van der Waals surface area contributed by atoms with Gasteiger partial charge in [0.2, 0.25) is 0 Å². The molecule has 0 bridgehead atoms. The molecule has 1 heterocycles. The largest absolute Gasteiger partial charge is 0.435 e. The van der Waals surface area contributed by atoms with Crippen LogP contribution in [0.5, 0.6) is 5.75 Å². The van der Waals surface area contributed by atoms with E-state index < -0.39 is 27.0 Å². The lowest BCUT2D eigenvalue weighted by molar-refractivity contribution is -0.0498. The van der Waals surface area contributed by atoms with Crippen molar-refractivity contribution < 1.29 is 22.3 Å². The van der Waals surface area contributed by atoms with Crippen molar-refractivity contribution in [1.82, 2.24) is 0 Å². The van der Waals surface area contributed by atoms with E-state index in [1.807, 2.05) is 0 Å². The van der Waals surface area contributed by atoms with Crippen molar-refractivity contribution in [2.24, 2.45) is 11.8 Å². The van der Waals surface area contributed by atoms with E-state index in [0.29, 0.717) is 5.56 Å². The van der Waals surface area contributed by atoms with E-state index in [1.165, 1.54) is 81.3 Å². The molecule has 0 atom stereocenters. The smallest absolute Gasteiger partial charge is 0.387 e. The Morgan fingerprint density at radius 2 is 1.43 bits per heavy atom. The van der Waals surface area contributed by atoms with Crippen molar-refractivity contribution in [3.63, 3.8) is 0 Å². The van der Waals surface area contributed by atoms with Gasteiger partial charge in [-0.05, 0) is 78.8 Å². The average Bonchev–Trinajstić information content (AvgIpc) is 2.89. The van der Waals surface area contributed by atoms with Gasteiger partial charge in [-0.1, -0.05) is 82.1 Å². The van der Waals surface area contributed by atoms with Crippen molar-refractivity contribution >= 4 is 8.80 Å². The van der Waals surface area contributed by atoms with Crippen LogP contribution in [-0.2, 0) is 0 Å². The summed E-state index contributed by atoms with van der Waals surface area (Å²) in [7, 11) is -0.433. The van der Waals surface area contributed by atoms with Crippen LogP contribution in [0, 0.1) is 23.5 Å². The molecule has 2 aromatic carbocycles. The van der Waals surface area contributed by atoms with Crippen molar-refractivity contribution in [3.05, 3.63) is 53.6 Å². The van der Waals surface area contributed by atoms with E-state index >= 15 is 0 Å². The molecule has 2 fully saturated rings. The molecule has 1 aliphatic heterocycles. The minimum Gasteiger partial charge on any atom is -0.435 e. The van der Waals surface area contributed by atoms with Crippen LogP contribution in [0.15, 0.2) is 36.4 Å². The number of ether oxygens (including phenoxy) is 1. The summed E-state index contributed by atoms with van der Waals surface area (Å²) in [6.07, 6.45) is 14.1. The Labute approximate surface area is 221 Å². The monoisotopic (exact) mass is 534 g/mol. The van der Waals surface area contributed by atoms with Gasteiger partial charge in [-0.2, -0.15) is 8.78 Å². The quantitative estimate of drug-likeness (QED) is 0.158. The lowest BCUT2D eigenvalue weighted by atomic mass is 9.76. The summed E-state index contributed by atoms with van der Waals surface area (Å²) in [5.74, 6) is 0.630. The summed E-state index contributed by atoms with van der Waals surface area (Å²) in [5.41, 5.74) is 0.926. The van der Waals surface area contributed by atoms with Gasteiger partial charge in [0.1, 0.15) is 17.4 Å². The predicted molar refractivity (Wildman–Crippen MR) is 146 cm³/mol. The SMILES string of the molecule is CCCCC[SiH]1CCC(CC[C@H]2CC[C@H](c3cc(F)c(-c4ccc(OC(F)F)cc4)c(F)c3)CC2)CC1. The minimum atomic E-state index is -2.93. The molecule has 1 nitrogen and oxygen atoms in total. The van der Waals surface area contributed by atoms with Crippen molar-refractivity contribution in [2.75, 3.05) is 0 Å². The molecule has 1 aliphatic carbocycles. The molecule has 0 N–H and O–H groups in total. The fourth-order valence-corrected chi connectivity index (χ4v) is 10.3. The fourth-order valence-electron chi connectivity index (χ4n) is 6.65. The van der Waals surface area contributed by atoms with Crippen LogP contribution >= 0.6 is 0 Å². The fraction of sp³-hybridized carbons (Fsp3) is 0.613. The summed E-state index contributed by atoms with van der Waals surface area (Å²) in [4.78, 5) is 0. The number of hydrogen-bond donors (Lipinski definition) is 0. The van der Waals surface area contributed by atoms with Crippen LogP contribution < -0.4 is 4.74 Å². The lowest BCUT2D eigenvalue weighted by Crippen LogP contribution is -2.22. The first-order valence-corrected chi connectivity index (χ1v) is 16.9. The Morgan fingerprint density at radius 1 is 0.838 bits per heavy atom. The molecule has 2 aliphatic rings. The first kappa shape index (κ1) is 28.2. The van der Waals surface area contributed by atoms with Crippen LogP contribution in [0.1, 0.15) is 89.0 Å². The topological polar surface area (TPSA) is 9.23 Å². The molecule has 37 heavy (non-hydrogen) atoms. The van der Waals surface area contributed by atoms with Gasteiger partial charge >= 0.3 is 6.61 Å². The van der Waals surface area contributed by atoms with Crippen LogP contribution in [0.3, 0.4) is 0 Å². The Morgan fingerprint density at radius 3 is 2.00 bits per heavy atom. The van der Waals surface area contributed by atoms with Crippen LogP contribution in [0.4, 0.5) is 17.6 Å². The van der Waals surface area contributed by atoms with Gasteiger partial charge in [-0.15, -0.1) is 0 Å². The van der Waals surface area contributed by atoms with Crippen LogP contribution in [0.2, 0.25) is 18.1 Å². The number of benzene rings is 2. The van der Waals surface area contributed by atoms with Crippen molar-refractivity contribution in [3.8, 4) is 16.9 Å². The first-order valence-electron chi connectivity index (χ1n) is 14.5. The molecule has 1 saturated heterocycles. The molecule has 0 spiro atoms. The second kappa shape index (κ2) is 13.8. The molecule has 2 aromatic rings. The van der Waals surface area contributed by atoms with Gasteiger partial charge in [0.25, 0.3) is 0 Å². The standard InChI is InChI=1S/C31H42F4OSi/c1-2-3-4-17-37-18-15-23(16-19-37)6-5-22-7-9-24(10-8-22)26-20-28(32)30(29(33)21-26)25-11-13-27(14-12-25)36-31(34)35/h11-14,20-24,31,37H,2-10,15-19H2,1H3/t22-,23?,24-,37?. The lowest BCUT2D eigenvalue weighted by Gasteiger charge is -2.32. The molecular weight excluding hydrogens is 492 g/mol. The third-order valence-electron chi connectivity index (χ3n) is 8.92. The van der Waals surface area contributed by atoms with Gasteiger partial charge < -0.3 is 4.74 Å². The third kappa shape index (κ3) is 8.08. The minimum absolute atomic E-state index is 0.0371. The Balaban J connectivity index is 1.24. The molecule has 0 aromatic heterocycles. The number of alkyl halides is 2. The molecule has 6 heteroatoms. The van der Waals surface area contributed by atoms with Crippen molar-refractivity contribution in [2.45, 2.75) is 108 Å². The van der Waals surface area contributed by atoms with E-state index in [0.717, 1.165) is 43.1 Å². The highest BCUT2D eigenvalue weighted by molar-refractivity contribution is 6.58. The predicted octanol–water partition coefficient (Wildman–Crippen LogP) is 10.1. The maximum atomic E-state index is 15.0. The number of halogens is 4. The highest BCUT2D eigenvalue weighted by Gasteiger charge is 2.27. The highest BCUT2D eigenvalue weighted by atomic mass is 28.3. The maximum Gasteiger partial charge on any atom is 0.387 e. The Kier molecular flexibility index (Phi) is 10.5. The van der Waals surface area contributed by atoms with Crippen LogP contribution in [0.25, 0.3) is 11.1 Å². The Hall–Kier alpha value is -1.82. The summed E-state index contributed by atoms with van der Waals surface area (Å²) in [6, 6.07) is 13.0. The average molecular weight is 535 g/mol. The van der Waals surface area contributed by atoms with E-state index in [4.69, 9.17) is 0 Å². The van der Waals surface area contributed by atoms with E-state index in [1.54, 1.807) is 18.1 Å². The van der Waals surface area contributed by atoms with E-state index in [-0.39, 0.29) is 17.2 Å². The number of unbranched alkanes of at least 4 members (excludes halogenated alkanes) is 2. The Bertz CT molecular complexity index is 941. The zero-order valence-electron chi connectivity index (χ0n) is 22.2. The first-order chi connectivity index (χ1) is 17.9. The molecule has 0 amide bonds. The van der Waals surface area contributed by atoms with Gasteiger partial charge in [-0.25, -0.2) is 8.78 Å². The number of hydrogen-bond acceptors (Lipinski definition) is 1. The number of rotatable bonds is 11. The maximum absolute atomic E-state index is 15.0. The van der Waals surface area contributed by atoms with Gasteiger partial charge in [0.15, 0.2) is 0 Å². The summed E-state index contributed by atoms with van der Waals surface area (Å²) in [6.45, 7) is -0.644. The van der Waals surface area contributed by atoms with E-state index in [2.05, 4.69) is 11.7 Å². The molecule has 0 unspecified atom stereocenters. The summed E-state index contributed by atoms with van der Waals surface area (Å²) < 4.78 is 59.0. The third-order valence-corrected chi connectivity index (χ3v) is 12.4. The van der Waals surface area contributed by atoms with Crippen molar-refractivity contribution in [1.29, 1.82) is 0 Å². The second-order valence-electron chi connectivity index (χ2n) is 11.4. The zero-order valence-corrected chi connectivity index (χ0v) is 23.3. The molecule has 4 rings (SSSR count). The van der Waals surface area contributed by atoms with E-state index in [9.17, 15) is 17.6 Å². The zero-order chi connectivity index (χ0) is 26.2. The van der Waals surface area contributed by atoms with Gasteiger partial charge in [-0.3, -0.25) is 0 Å². The summed E-state index contributed by atoms with van der Waals surface area (Å²) in [5, 5.41) is 0. The highest BCUT2D eigenvalue weighted by Crippen LogP contribution is 2.41. The van der Waals surface area contributed by atoms with Crippen LogP contribution in [-0.4, -0.2) is 15.4 Å². The van der Waals surface area contributed by atoms with Gasteiger partial charge in [0.05, 0.1) is 5.56 Å².